The summed E-state index contributed by atoms with van der Waals surface area (Å²) in [6, 6.07) is 0. The van der Waals surface area contributed by atoms with Crippen molar-refractivity contribution in [2.24, 2.45) is 11.8 Å². The summed E-state index contributed by atoms with van der Waals surface area (Å²) in [5.74, 6) is 1.63. The Labute approximate surface area is 99.6 Å². The van der Waals surface area contributed by atoms with Crippen LogP contribution in [0.25, 0.3) is 0 Å². The fourth-order valence-corrected chi connectivity index (χ4v) is 2.15. The van der Waals surface area contributed by atoms with E-state index in [4.69, 9.17) is 0 Å². The van der Waals surface area contributed by atoms with E-state index < -0.39 is 0 Å². The quantitative estimate of drug-likeness (QED) is 0.750. The van der Waals surface area contributed by atoms with Crippen LogP contribution in [-0.2, 0) is 4.79 Å². The van der Waals surface area contributed by atoms with Crippen molar-refractivity contribution < 1.29 is 4.79 Å². The summed E-state index contributed by atoms with van der Waals surface area (Å²) < 4.78 is 0. The van der Waals surface area contributed by atoms with Gasteiger partial charge in [-0.25, -0.2) is 0 Å². The summed E-state index contributed by atoms with van der Waals surface area (Å²) >= 11 is 0. The summed E-state index contributed by atoms with van der Waals surface area (Å²) in [7, 11) is 1.94. The highest BCUT2D eigenvalue weighted by Gasteiger charge is 2.19. The fourth-order valence-electron chi connectivity index (χ4n) is 2.15. The lowest BCUT2D eigenvalue weighted by atomic mass is 10.0. The third kappa shape index (κ3) is 4.97. The summed E-state index contributed by atoms with van der Waals surface area (Å²) in [4.78, 5) is 13.8. The number of rotatable bonds is 6. The molecular formula is C13H26N2O. The number of nitrogens with zero attached hydrogens (tertiary/aromatic N) is 1. The Morgan fingerprint density at radius 3 is 2.81 bits per heavy atom. The van der Waals surface area contributed by atoms with Crippen LogP contribution in [0.2, 0.25) is 0 Å². The second-order valence-electron chi connectivity index (χ2n) is 5.41. The molecule has 1 unspecified atom stereocenters. The first kappa shape index (κ1) is 13.5. The molecule has 0 aromatic heterocycles. The van der Waals surface area contributed by atoms with Gasteiger partial charge in [0.2, 0.25) is 5.91 Å². The van der Waals surface area contributed by atoms with E-state index in [1.54, 1.807) is 0 Å². The van der Waals surface area contributed by atoms with Crippen LogP contribution in [0.1, 0.15) is 39.5 Å². The Kier molecular flexibility index (Phi) is 5.81. The number of carbonyl (C=O) groups is 1. The predicted octanol–water partition coefficient (Wildman–Crippen LogP) is 1.88. The second kappa shape index (κ2) is 6.89. The molecule has 3 heteroatoms. The molecule has 1 atom stereocenters. The van der Waals surface area contributed by atoms with Crippen LogP contribution in [0.3, 0.4) is 0 Å². The van der Waals surface area contributed by atoms with Gasteiger partial charge in [-0.15, -0.1) is 0 Å². The van der Waals surface area contributed by atoms with E-state index in [9.17, 15) is 4.79 Å². The van der Waals surface area contributed by atoms with Gasteiger partial charge in [-0.05, 0) is 44.2 Å². The Bertz CT molecular complexity index is 210. The fraction of sp³-hybridized carbons (Fsp3) is 0.923. The minimum absolute atomic E-state index is 0.317. The average Bonchev–Trinajstić information content (AvgIpc) is 2.69. The van der Waals surface area contributed by atoms with Crippen molar-refractivity contribution in [3.63, 3.8) is 0 Å². The van der Waals surface area contributed by atoms with Gasteiger partial charge in [0.25, 0.3) is 0 Å². The molecule has 3 nitrogen and oxygen atoms in total. The van der Waals surface area contributed by atoms with Gasteiger partial charge in [0.15, 0.2) is 0 Å². The second-order valence-corrected chi connectivity index (χ2v) is 5.41. The molecule has 0 radical (unpaired) electrons. The van der Waals surface area contributed by atoms with Gasteiger partial charge in [0, 0.05) is 20.0 Å². The number of hydrogen-bond donors (Lipinski definition) is 1. The van der Waals surface area contributed by atoms with Crippen LogP contribution in [0.15, 0.2) is 0 Å². The van der Waals surface area contributed by atoms with Crippen LogP contribution in [0, 0.1) is 11.8 Å². The first-order chi connectivity index (χ1) is 7.59. The first-order valence-corrected chi connectivity index (χ1v) is 6.54. The Balaban J connectivity index is 2.14. The van der Waals surface area contributed by atoms with Gasteiger partial charge in [-0.2, -0.15) is 0 Å². The molecule has 0 spiro atoms. The number of carbonyl (C=O) groups excluding carboxylic acids is 1. The van der Waals surface area contributed by atoms with Gasteiger partial charge in [0.05, 0.1) is 0 Å². The van der Waals surface area contributed by atoms with E-state index >= 15 is 0 Å². The smallest absolute Gasteiger partial charge is 0.222 e. The van der Waals surface area contributed by atoms with Gasteiger partial charge in [-0.3, -0.25) is 4.79 Å². The molecule has 1 aliphatic heterocycles. The third-order valence-electron chi connectivity index (χ3n) is 3.33. The molecule has 1 amide bonds. The zero-order valence-electron chi connectivity index (χ0n) is 11.0. The van der Waals surface area contributed by atoms with Crippen LogP contribution in [-0.4, -0.2) is 37.5 Å². The van der Waals surface area contributed by atoms with Gasteiger partial charge in [-0.1, -0.05) is 13.8 Å². The highest BCUT2D eigenvalue weighted by atomic mass is 16.2. The standard InChI is InChI=1S/C13H26N2O/c1-11(2)5-4-8-15(3)13(16)9-12-6-7-14-10-12/h11-12,14H,4-10H2,1-3H3. The largest absolute Gasteiger partial charge is 0.346 e. The maximum atomic E-state index is 11.9. The van der Waals surface area contributed by atoms with Crippen LogP contribution in [0.5, 0.6) is 0 Å². The molecule has 1 heterocycles. The number of amides is 1. The lowest BCUT2D eigenvalue weighted by Crippen LogP contribution is -2.30. The lowest BCUT2D eigenvalue weighted by Gasteiger charge is -2.19. The van der Waals surface area contributed by atoms with E-state index in [0.717, 1.165) is 44.8 Å². The van der Waals surface area contributed by atoms with E-state index in [1.165, 1.54) is 6.42 Å². The van der Waals surface area contributed by atoms with Crippen molar-refractivity contribution in [2.75, 3.05) is 26.7 Å². The molecule has 0 saturated carbocycles. The van der Waals surface area contributed by atoms with Crippen molar-refractivity contribution in [3.8, 4) is 0 Å². The molecule has 1 rings (SSSR count). The zero-order valence-corrected chi connectivity index (χ0v) is 11.0. The molecule has 0 aromatic rings. The van der Waals surface area contributed by atoms with Crippen LogP contribution < -0.4 is 5.32 Å². The van der Waals surface area contributed by atoms with E-state index in [1.807, 2.05) is 11.9 Å². The third-order valence-corrected chi connectivity index (χ3v) is 3.33. The molecule has 16 heavy (non-hydrogen) atoms. The van der Waals surface area contributed by atoms with E-state index in [2.05, 4.69) is 19.2 Å². The van der Waals surface area contributed by atoms with E-state index in [-0.39, 0.29) is 0 Å². The molecule has 1 aliphatic rings. The first-order valence-electron chi connectivity index (χ1n) is 6.54. The summed E-state index contributed by atoms with van der Waals surface area (Å²) in [6.45, 7) is 7.47. The topological polar surface area (TPSA) is 32.3 Å². The normalized spacial score (nSPS) is 20.4. The SMILES string of the molecule is CC(C)CCCN(C)C(=O)CC1CCNC1. The summed E-state index contributed by atoms with van der Waals surface area (Å²) in [6.07, 6.45) is 4.22. The lowest BCUT2D eigenvalue weighted by molar-refractivity contribution is -0.130. The highest BCUT2D eigenvalue weighted by molar-refractivity contribution is 5.76. The van der Waals surface area contributed by atoms with Crippen LogP contribution in [0.4, 0.5) is 0 Å². The predicted molar refractivity (Wildman–Crippen MR) is 67.3 cm³/mol. The van der Waals surface area contributed by atoms with Gasteiger partial charge in [0.1, 0.15) is 0 Å². The Hall–Kier alpha value is -0.570. The molecule has 0 bridgehead atoms. The summed E-state index contributed by atoms with van der Waals surface area (Å²) in [5.41, 5.74) is 0. The highest BCUT2D eigenvalue weighted by Crippen LogP contribution is 2.13. The minimum atomic E-state index is 0.317. The average molecular weight is 226 g/mol. The van der Waals surface area contributed by atoms with Crippen molar-refractivity contribution in [3.05, 3.63) is 0 Å². The van der Waals surface area contributed by atoms with Gasteiger partial charge >= 0.3 is 0 Å². The minimum Gasteiger partial charge on any atom is -0.346 e. The van der Waals surface area contributed by atoms with Crippen molar-refractivity contribution in [2.45, 2.75) is 39.5 Å². The molecule has 1 fully saturated rings. The monoisotopic (exact) mass is 226 g/mol. The zero-order chi connectivity index (χ0) is 12.0. The Morgan fingerprint density at radius 2 is 2.25 bits per heavy atom. The van der Waals surface area contributed by atoms with Crippen molar-refractivity contribution in [1.82, 2.24) is 10.2 Å². The molecule has 1 N–H and O–H groups in total. The molecule has 0 aliphatic carbocycles. The Morgan fingerprint density at radius 1 is 1.50 bits per heavy atom. The van der Waals surface area contributed by atoms with Crippen LogP contribution >= 0.6 is 0 Å². The maximum absolute atomic E-state index is 11.9. The summed E-state index contributed by atoms with van der Waals surface area (Å²) in [5, 5.41) is 3.30. The van der Waals surface area contributed by atoms with E-state index in [0.29, 0.717) is 11.8 Å². The van der Waals surface area contributed by atoms with Crippen molar-refractivity contribution >= 4 is 5.91 Å². The molecular weight excluding hydrogens is 200 g/mol. The molecule has 94 valence electrons. The van der Waals surface area contributed by atoms with Gasteiger partial charge < -0.3 is 10.2 Å². The maximum Gasteiger partial charge on any atom is 0.222 e. The molecule has 0 aromatic carbocycles. The number of nitrogens with one attached hydrogen (secondary N) is 1. The number of hydrogen-bond acceptors (Lipinski definition) is 2. The molecule has 1 saturated heterocycles. The van der Waals surface area contributed by atoms with Crippen molar-refractivity contribution in [1.29, 1.82) is 0 Å².